The van der Waals surface area contributed by atoms with Gasteiger partial charge < -0.3 is 25.3 Å². The van der Waals surface area contributed by atoms with Crippen molar-refractivity contribution in [2.45, 2.75) is 56.5 Å². The number of primary amides is 1. The molecule has 1 saturated carbocycles. The number of hydrogen-bond donors (Lipinski definition) is 3. The van der Waals surface area contributed by atoms with E-state index in [0.29, 0.717) is 30.5 Å². The number of carbonyl (C=O) groups excluding carboxylic acids is 1. The van der Waals surface area contributed by atoms with E-state index in [9.17, 15) is 19.4 Å². The molecule has 2 aliphatic rings. The molecule has 0 bridgehead atoms. The highest BCUT2D eigenvalue weighted by Crippen LogP contribution is 2.50. The molecule has 7 heteroatoms. The fourth-order valence-corrected chi connectivity index (χ4v) is 3.98. The molecule has 0 spiro atoms. The van der Waals surface area contributed by atoms with E-state index < -0.39 is 34.9 Å². The summed E-state index contributed by atoms with van der Waals surface area (Å²) in [5.41, 5.74) is 5.63. The molecule has 1 unspecified atom stereocenters. The lowest BCUT2D eigenvalue weighted by molar-refractivity contribution is -0.173. The highest BCUT2D eigenvalue weighted by molar-refractivity contribution is 5.92. The first kappa shape index (κ1) is 17.5. The van der Waals surface area contributed by atoms with Gasteiger partial charge in [0, 0.05) is 16.6 Å². The van der Waals surface area contributed by atoms with Gasteiger partial charge in [-0.05, 0) is 44.9 Å². The van der Waals surface area contributed by atoms with Crippen molar-refractivity contribution in [3.05, 3.63) is 35.3 Å². The molecule has 1 aliphatic heterocycles. The molecule has 1 aliphatic carbocycles. The van der Waals surface area contributed by atoms with Crippen molar-refractivity contribution in [1.29, 1.82) is 0 Å². The minimum absolute atomic E-state index is 0.252. The van der Waals surface area contributed by atoms with Gasteiger partial charge >= 0.3 is 0 Å². The average molecular weight is 362 g/mol. The Labute approximate surface area is 150 Å². The molecule has 0 radical (unpaired) electrons. The van der Waals surface area contributed by atoms with Crippen LogP contribution in [0.15, 0.2) is 18.2 Å². The maximum atomic E-state index is 14.9. The maximum absolute atomic E-state index is 14.9. The normalized spacial score (nSPS) is 26.3. The summed E-state index contributed by atoms with van der Waals surface area (Å²) in [6.45, 7) is 3.73. The van der Waals surface area contributed by atoms with E-state index in [1.165, 1.54) is 6.07 Å². The number of nitrogens with zero attached hydrogens (tertiary/aromatic N) is 1. The van der Waals surface area contributed by atoms with Crippen LogP contribution in [0.2, 0.25) is 0 Å². The fourth-order valence-electron chi connectivity index (χ4n) is 3.98. The Bertz CT molecular complexity index is 901. The third-order valence-electron chi connectivity index (χ3n) is 5.92. The first-order valence-electron chi connectivity index (χ1n) is 8.79. The van der Waals surface area contributed by atoms with Crippen LogP contribution >= 0.6 is 0 Å². The lowest BCUT2D eigenvalue weighted by Crippen LogP contribution is -2.37. The van der Waals surface area contributed by atoms with Crippen molar-refractivity contribution in [2.75, 3.05) is 6.61 Å². The van der Waals surface area contributed by atoms with Gasteiger partial charge in [0.25, 0.3) is 0 Å². The van der Waals surface area contributed by atoms with Crippen molar-refractivity contribution < 1.29 is 24.1 Å². The third-order valence-corrected chi connectivity index (χ3v) is 5.92. The Morgan fingerprint density at radius 3 is 2.65 bits per heavy atom. The number of ether oxygens (including phenoxy) is 1. The summed E-state index contributed by atoms with van der Waals surface area (Å²) in [6, 6.07) is 5.00. The molecular formula is C19H23FN2O4. The van der Waals surface area contributed by atoms with Crippen LogP contribution in [0.25, 0.3) is 10.9 Å². The summed E-state index contributed by atoms with van der Waals surface area (Å²) in [4.78, 5) is 11.8. The number of aliphatic hydroxyl groups excluding tert-OH is 2. The van der Waals surface area contributed by atoms with Gasteiger partial charge in [0.2, 0.25) is 5.91 Å². The van der Waals surface area contributed by atoms with Crippen LogP contribution in [-0.2, 0) is 26.9 Å². The zero-order valence-electron chi connectivity index (χ0n) is 14.8. The number of rotatable bonds is 3. The van der Waals surface area contributed by atoms with Gasteiger partial charge in [-0.2, -0.15) is 0 Å². The molecule has 6 nitrogen and oxygen atoms in total. The molecule has 4 N–H and O–H groups in total. The largest absolute Gasteiger partial charge is 0.394 e. The molecule has 2 aromatic rings. The molecule has 1 aromatic carbocycles. The Balaban J connectivity index is 1.93. The molecule has 2 atom stereocenters. The lowest BCUT2D eigenvalue weighted by atomic mass is 9.88. The van der Waals surface area contributed by atoms with Gasteiger partial charge in [0.1, 0.15) is 11.9 Å². The smallest absolute Gasteiger partial charge is 0.228 e. The molecular weight excluding hydrogens is 339 g/mol. The Morgan fingerprint density at radius 2 is 2.08 bits per heavy atom. The van der Waals surface area contributed by atoms with E-state index in [4.69, 9.17) is 10.5 Å². The van der Waals surface area contributed by atoms with Gasteiger partial charge in [-0.15, -0.1) is 0 Å². The van der Waals surface area contributed by atoms with Crippen molar-refractivity contribution >= 4 is 16.8 Å². The predicted molar refractivity (Wildman–Crippen MR) is 93.0 cm³/mol. The Kier molecular flexibility index (Phi) is 3.70. The summed E-state index contributed by atoms with van der Waals surface area (Å²) in [7, 11) is 0. The monoisotopic (exact) mass is 362 g/mol. The van der Waals surface area contributed by atoms with Gasteiger partial charge in [-0.1, -0.05) is 0 Å². The summed E-state index contributed by atoms with van der Waals surface area (Å²) in [5, 5.41) is 20.7. The highest BCUT2D eigenvalue weighted by Gasteiger charge is 2.52. The topological polar surface area (TPSA) is 97.7 Å². The van der Waals surface area contributed by atoms with Gasteiger partial charge in [0.15, 0.2) is 6.29 Å². The van der Waals surface area contributed by atoms with Crippen LogP contribution in [0.1, 0.15) is 37.9 Å². The summed E-state index contributed by atoms with van der Waals surface area (Å²) in [5.74, 6) is -0.959. The van der Waals surface area contributed by atoms with E-state index in [-0.39, 0.29) is 6.61 Å². The third kappa shape index (κ3) is 2.31. The molecule has 1 fully saturated rings. The number of carbonyl (C=O) groups is 1. The average Bonchev–Trinajstić information content (AvgIpc) is 3.33. The zero-order valence-corrected chi connectivity index (χ0v) is 14.8. The molecule has 0 saturated heterocycles. The van der Waals surface area contributed by atoms with E-state index in [0.717, 1.165) is 11.1 Å². The van der Waals surface area contributed by atoms with Gasteiger partial charge in [-0.25, -0.2) is 4.39 Å². The number of aliphatic hydroxyl groups is 2. The second kappa shape index (κ2) is 5.52. The molecule has 1 aromatic heterocycles. The van der Waals surface area contributed by atoms with Crippen molar-refractivity contribution in [1.82, 2.24) is 4.57 Å². The quantitative estimate of drug-likeness (QED) is 0.766. The fraction of sp³-hybridized carbons (Fsp3) is 0.526. The Hall–Kier alpha value is -1.96. The highest BCUT2D eigenvalue weighted by atomic mass is 19.1. The number of fused-ring (bicyclic) bond motifs is 3. The van der Waals surface area contributed by atoms with E-state index in [1.807, 2.05) is 24.5 Å². The lowest BCUT2D eigenvalue weighted by Gasteiger charge is -2.29. The number of amides is 1. The van der Waals surface area contributed by atoms with Crippen LogP contribution in [0.5, 0.6) is 0 Å². The first-order chi connectivity index (χ1) is 12.2. The van der Waals surface area contributed by atoms with E-state index in [1.54, 1.807) is 6.07 Å². The summed E-state index contributed by atoms with van der Waals surface area (Å²) in [6.07, 6.45) is -0.578. The number of hydrogen-bond acceptors (Lipinski definition) is 4. The number of nitrogens with two attached hydrogens (primary N) is 1. The van der Waals surface area contributed by atoms with Crippen LogP contribution in [-0.4, -0.2) is 39.7 Å². The van der Waals surface area contributed by atoms with Crippen molar-refractivity contribution in [3.8, 4) is 0 Å². The standard InChI is InChI=1S/C19H23FN2O4/c1-18(2)15-6-10-5-12(19(3-4-19)16(21)24)13(20)7-14(10)22(15)8-11(9-23)26-17(18)25/h5-7,11,17,23,25H,3-4,8-9H2,1-2H3,(H2,21,24)/t11-,17?/m1/s1. The number of aromatic nitrogens is 1. The summed E-state index contributed by atoms with van der Waals surface area (Å²) >= 11 is 0. The van der Waals surface area contributed by atoms with Crippen LogP contribution in [0.3, 0.4) is 0 Å². The van der Waals surface area contributed by atoms with E-state index >= 15 is 0 Å². The second-order valence-corrected chi connectivity index (χ2v) is 7.99. The van der Waals surface area contributed by atoms with Crippen LogP contribution in [0.4, 0.5) is 4.39 Å². The minimum Gasteiger partial charge on any atom is -0.394 e. The van der Waals surface area contributed by atoms with Crippen LogP contribution < -0.4 is 5.73 Å². The van der Waals surface area contributed by atoms with Crippen LogP contribution in [0, 0.1) is 5.82 Å². The minimum atomic E-state index is -1.10. The maximum Gasteiger partial charge on any atom is 0.228 e. The van der Waals surface area contributed by atoms with E-state index in [2.05, 4.69) is 0 Å². The predicted octanol–water partition coefficient (Wildman–Crippen LogP) is 1.28. The van der Waals surface area contributed by atoms with Crippen molar-refractivity contribution in [2.24, 2.45) is 5.73 Å². The second-order valence-electron chi connectivity index (χ2n) is 7.99. The molecule has 140 valence electrons. The molecule has 26 heavy (non-hydrogen) atoms. The SMILES string of the molecule is CC1(C)c2cc3cc(C4(C(N)=O)CC4)c(F)cc3n2C[C@H](CO)OC1O. The van der Waals surface area contributed by atoms with Gasteiger partial charge in [0.05, 0.1) is 29.5 Å². The zero-order chi connectivity index (χ0) is 18.9. The summed E-state index contributed by atoms with van der Waals surface area (Å²) < 4.78 is 22.3. The van der Waals surface area contributed by atoms with Crippen molar-refractivity contribution in [3.63, 3.8) is 0 Å². The Morgan fingerprint density at radius 1 is 1.38 bits per heavy atom. The molecule has 2 heterocycles. The first-order valence-corrected chi connectivity index (χ1v) is 8.79. The molecule has 4 rings (SSSR count). The number of benzene rings is 1. The van der Waals surface area contributed by atoms with Gasteiger partial charge in [-0.3, -0.25) is 4.79 Å². The number of halogens is 1. The molecule has 1 amide bonds.